The average molecular weight is 443 g/mol. The first-order chi connectivity index (χ1) is 16.0. The summed E-state index contributed by atoms with van der Waals surface area (Å²) in [5, 5.41) is 7.67. The average Bonchev–Trinajstić information content (AvgIpc) is 3.32. The SMILES string of the molecule is CCC(=O)N(C)c1ccc(Nc2cc(NCc3cccc4[nH]ccc34)c(C(N)=O)cn2)cc1. The number of pyridine rings is 1. The lowest BCUT2D eigenvalue weighted by Crippen LogP contribution is -2.24. The second-order valence-corrected chi connectivity index (χ2v) is 7.67. The van der Waals surface area contributed by atoms with Crippen molar-refractivity contribution in [3.8, 4) is 0 Å². The molecule has 2 amide bonds. The number of aromatic amines is 1. The number of carbonyl (C=O) groups excluding carboxylic acids is 2. The molecule has 2 heterocycles. The van der Waals surface area contributed by atoms with Crippen LogP contribution in [0.15, 0.2) is 67.0 Å². The first-order valence-corrected chi connectivity index (χ1v) is 10.7. The topological polar surface area (TPSA) is 116 Å². The molecule has 0 atom stereocenters. The predicted molar refractivity (Wildman–Crippen MR) is 132 cm³/mol. The third-order valence-electron chi connectivity index (χ3n) is 5.53. The van der Waals surface area contributed by atoms with Gasteiger partial charge in [0.1, 0.15) is 5.82 Å². The molecular formula is C25H26N6O2. The fraction of sp³-hybridized carbons (Fsp3) is 0.160. The van der Waals surface area contributed by atoms with Crippen LogP contribution in [0.1, 0.15) is 29.3 Å². The predicted octanol–water partition coefficient (Wildman–Crippen LogP) is 4.39. The zero-order chi connectivity index (χ0) is 23.4. The highest BCUT2D eigenvalue weighted by Crippen LogP contribution is 2.25. The fourth-order valence-electron chi connectivity index (χ4n) is 3.66. The van der Waals surface area contributed by atoms with Gasteiger partial charge in [-0.25, -0.2) is 4.98 Å². The van der Waals surface area contributed by atoms with Crippen molar-refractivity contribution in [3.63, 3.8) is 0 Å². The molecule has 0 aliphatic heterocycles. The molecular weight excluding hydrogens is 416 g/mol. The van der Waals surface area contributed by atoms with Gasteiger partial charge in [0.15, 0.2) is 0 Å². The lowest BCUT2D eigenvalue weighted by molar-refractivity contribution is -0.118. The van der Waals surface area contributed by atoms with Gasteiger partial charge in [-0.2, -0.15) is 0 Å². The number of anilines is 4. The smallest absolute Gasteiger partial charge is 0.252 e. The Kier molecular flexibility index (Phi) is 6.26. The van der Waals surface area contributed by atoms with Crippen molar-refractivity contribution in [2.75, 3.05) is 22.6 Å². The van der Waals surface area contributed by atoms with Gasteiger partial charge < -0.3 is 26.3 Å². The fourth-order valence-corrected chi connectivity index (χ4v) is 3.66. The first kappa shape index (κ1) is 21.9. The minimum absolute atomic E-state index is 0.0467. The number of carbonyl (C=O) groups is 2. The van der Waals surface area contributed by atoms with E-state index in [1.807, 2.05) is 61.7 Å². The number of nitrogens with zero attached hydrogens (tertiary/aromatic N) is 2. The highest BCUT2D eigenvalue weighted by atomic mass is 16.2. The Morgan fingerprint density at radius 1 is 1.12 bits per heavy atom. The molecule has 0 spiro atoms. The van der Waals surface area contributed by atoms with Crippen LogP contribution in [-0.4, -0.2) is 28.8 Å². The van der Waals surface area contributed by atoms with Crippen molar-refractivity contribution >= 4 is 45.6 Å². The van der Waals surface area contributed by atoms with E-state index in [1.165, 1.54) is 6.20 Å². The van der Waals surface area contributed by atoms with Crippen LogP contribution in [0.5, 0.6) is 0 Å². The molecule has 33 heavy (non-hydrogen) atoms. The van der Waals surface area contributed by atoms with Crippen LogP contribution in [0, 0.1) is 0 Å². The summed E-state index contributed by atoms with van der Waals surface area (Å²) in [5.41, 5.74) is 10.2. The molecule has 2 aromatic carbocycles. The van der Waals surface area contributed by atoms with Crippen molar-refractivity contribution in [1.82, 2.24) is 9.97 Å². The molecule has 8 heteroatoms. The van der Waals surface area contributed by atoms with E-state index >= 15 is 0 Å². The van der Waals surface area contributed by atoms with Crippen molar-refractivity contribution in [2.45, 2.75) is 19.9 Å². The van der Waals surface area contributed by atoms with E-state index in [0.29, 0.717) is 30.0 Å². The maximum atomic E-state index is 11.9. The van der Waals surface area contributed by atoms with Crippen molar-refractivity contribution in [3.05, 3.63) is 78.1 Å². The van der Waals surface area contributed by atoms with Gasteiger partial charge in [0.2, 0.25) is 5.91 Å². The maximum absolute atomic E-state index is 11.9. The van der Waals surface area contributed by atoms with E-state index in [-0.39, 0.29) is 5.91 Å². The summed E-state index contributed by atoms with van der Waals surface area (Å²) < 4.78 is 0. The van der Waals surface area contributed by atoms with Crippen LogP contribution in [0.25, 0.3) is 10.9 Å². The van der Waals surface area contributed by atoms with E-state index in [0.717, 1.165) is 27.8 Å². The van der Waals surface area contributed by atoms with Crippen LogP contribution in [0.2, 0.25) is 0 Å². The van der Waals surface area contributed by atoms with Gasteiger partial charge in [0.05, 0.1) is 11.3 Å². The summed E-state index contributed by atoms with van der Waals surface area (Å²) >= 11 is 0. The number of benzene rings is 2. The van der Waals surface area contributed by atoms with Crippen molar-refractivity contribution < 1.29 is 9.59 Å². The molecule has 0 unspecified atom stereocenters. The molecule has 0 aliphatic carbocycles. The molecule has 0 saturated heterocycles. The van der Waals surface area contributed by atoms with Gasteiger partial charge in [-0.1, -0.05) is 19.1 Å². The molecule has 2 aromatic heterocycles. The number of fused-ring (bicyclic) bond motifs is 1. The molecule has 4 aromatic rings. The molecule has 0 aliphatic rings. The third-order valence-corrected chi connectivity index (χ3v) is 5.53. The number of hydrogen-bond acceptors (Lipinski definition) is 5. The van der Waals surface area contributed by atoms with Gasteiger partial charge in [-0.05, 0) is 42.0 Å². The molecule has 8 nitrogen and oxygen atoms in total. The number of nitrogens with one attached hydrogen (secondary N) is 3. The Balaban J connectivity index is 1.53. The molecule has 0 radical (unpaired) electrons. The standard InChI is InChI=1S/C25H26N6O2/c1-3-24(32)31(2)18-9-7-17(8-10-18)30-23-13-22(20(15-29-23)25(26)33)28-14-16-5-4-6-21-19(16)11-12-27-21/h4-13,15,27H,3,14H2,1-2H3,(H2,26,33)(H2,28,29,30). The van der Waals surface area contributed by atoms with Gasteiger partial charge in [-0.15, -0.1) is 0 Å². The number of aromatic nitrogens is 2. The summed E-state index contributed by atoms with van der Waals surface area (Å²) in [4.78, 5) is 33.0. The molecule has 0 saturated carbocycles. The quantitative estimate of drug-likeness (QED) is 0.323. The van der Waals surface area contributed by atoms with Crippen molar-refractivity contribution in [1.29, 1.82) is 0 Å². The Morgan fingerprint density at radius 3 is 2.64 bits per heavy atom. The minimum Gasteiger partial charge on any atom is -0.380 e. The minimum atomic E-state index is -0.551. The number of hydrogen-bond donors (Lipinski definition) is 4. The second-order valence-electron chi connectivity index (χ2n) is 7.67. The van der Waals surface area contributed by atoms with Crippen LogP contribution in [0.4, 0.5) is 22.9 Å². The van der Waals surface area contributed by atoms with Gasteiger partial charge in [-0.3, -0.25) is 9.59 Å². The number of primary amides is 1. The lowest BCUT2D eigenvalue weighted by atomic mass is 10.1. The zero-order valence-electron chi connectivity index (χ0n) is 18.6. The number of rotatable bonds is 8. The second kappa shape index (κ2) is 9.44. The summed E-state index contributed by atoms with van der Waals surface area (Å²) in [5.74, 6) is 0.0583. The van der Waals surface area contributed by atoms with Crippen LogP contribution >= 0.6 is 0 Å². The monoisotopic (exact) mass is 442 g/mol. The van der Waals surface area contributed by atoms with E-state index in [4.69, 9.17) is 5.73 Å². The zero-order valence-corrected chi connectivity index (χ0v) is 18.6. The van der Waals surface area contributed by atoms with Crippen molar-refractivity contribution in [2.24, 2.45) is 5.73 Å². The Morgan fingerprint density at radius 2 is 1.91 bits per heavy atom. The Labute approximate surface area is 191 Å². The largest absolute Gasteiger partial charge is 0.380 e. The van der Waals surface area contributed by atoms with Gasteiger partial charge >= 0.3 is 0 Å². The number of H-pyrrole nitrogens is 1. The maximum Gasteiger partial charge on any atom is 0.252 e. The van der Waals surface area contributed by atoms with E-state index in [9.17, 15) is 9.59 Å². The van der Waals surface area contributed by atoms with E-state index in [2.05, 4.69) is 20.6 Å². The van der Waals surface area contributed by atoms with E-state index in [1.54, 1.807) is 18.0 Å². The summed E-state index contributed by atoms with van der Waals surface area (Å²) in [6.45, 7) is 2.35. The normalized spacial score (nSPS) is 10.7. The summed E-state index contributed by atoms with van der Waals surface area (Å²) in [6, 6.07) is 17.3. The van der Waals surface area contributed by atoms with Gasteiger partial charge in [0.25, 0.3) is 5.91 Å². The van der Waals surface area contributed by atoms with Crippen LogP contribution in [-0.2, 0) is 11.3 Å². The van der Waals surface area contributed by atoms with Crippen LogP contribution in [0.3, 0.4) is 0 Å². The summed E-state index contributed by atoms with van der Waals surface area (Å²) in [7, 11) is 1.75. The molecule has 0 bridgehead atoms. The highest BCUT2D eigenvalue weighted by molar-refractivity contribution is 5.98. The number of nitrogens with two attached hydrogens (primary N) is 1. The molecule has 4 rings (SSSR count). The van der Waals surface area contributed by atoms with Gasteiger partial charge in [0, 0.05) is 60.8 Å². The Hall–Kier alpha value is -4.33. The summed E-state index contributed by atoms with van der Waals surface area (Å²) in [6.07, 6.45) is 3.81. The van der Waals surface area contributed by atoms with E-state index < -0.39 is 5.91 Å². The lowest BCUT2D eigenvalue weighted by Gasteiger charge is -2.17. The Bertz CT molecular complexity index is 1300. The molecule has 168 valence electrons. The molecule has 0 fully saturated rings. The third kappa shape index (κ3) is 4.79. The highest BCUT2D eigenvalue weighted by Gasteiger charge is 2.12. The van der Waals surface area contributed by atoms with Crippen LogP contribution < -0.4 is 21.3 Å². The molecule has 5 N–H and O–H groups in total. The first-order valence-electron chi connectivity index (χ1n) is 10.7. The number of amides is 2.